The first-order valence-corrected chi connectivity index (χ1v) is 6.46. The first-order valence-electron chi connectivity index (χ1n) is 6.46. The number of nitro benzene ring substituents is 1. The average Bonchev–Trinajstić information content (AvgIpc) is 2.48. The number of phenolic OH excluding ortho intramolecular Hbond substituents is 1. The molecule has 3 rings (SSSR count). The van der Waals surface area contributed by atoms with Gasteiger partial charge in [-0.2, -0.15) is 0 Å². The SMILES string of the molecule is O=[N+]([O-])c1cccc(C2CC(O)c3cc(O)ccc3O2)c1. The van der Waals surface area contributed by atoms with Gasteiger partial charge < -0.3 is 14.9 Å². The number of nitrogens with zero attached hydrogens (tertiary/aromatic N) is 1. The lowest BCUT2D eigenvalue weighted by molar-refractivity contribution is -0.385. The van der Waals surface area contributed by atoms with Crippen molar-refractivity contribution in [2.24, 2.45) is 0 Å². The summed E-state index contributed by atoms with van der Waals surface area (Å²) >= 11 is 0. The Hall–Kier alpha value is -2.60. The van der Waals surface area contributed by atoms with Crippen LogP contribution >= 0.6 is 0 Å². The van der Waals surface area contributed by atoms with Crippen molar-refractivity contribution in [3.05, 3.63) is 63.7 Å². The zero-order chi connectivity index (χ0) is 15.0. The molecule has 2 N–H and O–H groups in total. The molecule has 2 unspecified atom stereocenters. The van der Waals surface area contributed by atoms with E-state index in [-0.39, 0.29) is 17.9 Å². The third-order valence-electron chi connectivity index (χ3n) is 3.51. The number of hydrogen-bond acceptors (Lipinski definition) is 5. The number of aliphatic hydroxyl groups excluding tert-OH is 1. The molecule has 1 aliphatic heterocycles. The second kappa shape index (κ2) is 5.06. The van der Waals surface area contributed by atoms with Gasteiger partial charge in [-0.3, -0.25) is 10.1 Å². The Balaban J connectivity index is 1.94. The molecular formula is C15H13NO5. The van der Waals surface area contributed by atoms with E-state index in [4.69, 9.17) is 4.74 Å². The summed E-state index contributed by atoms with van der Waals surface area (Å²) in [7, 11) is 0. The van der Waals surface area contributed by atoms with E-state index in [0.29, 0.717) is 16.9 Å². The quantitative estimate of drug-likeness (QED) is 0.654. The van der Waals surface area contributed by atoms with E-state index in [9.17, 15) is 20.3 Å². The summed E-state index contributed by atoms with van der Waals surface area (Å²) in [4.78, 5) is 10.4. The molecule has 0 aliphatic carbocycles. The predicted octanol–water partition coefficient (Wildman–Crippen LogP) is 2.86. The maximum absolute atomic E-state index is 10.8. The van der Waals surface area contributed by atoms with Crippen LogP contribution in [0.3, 0.4) is 0 Å². The lowest BCUT2D eigenvalue weighted by Gasteiger charge is -2.29. The normalized spacial score (nSPS) is 20.4. The standard InChI is InChI=1S/C15H13NO5/c17-11-4-5-14-12(7-11)13(18)8-15(21-14)9-2-1-3-10(6-9)16(19)20/h1-7,13,15,17-18H,8H2. The number of rotatable bonds is 2. The van der Waals surface area contributed by atoms with Crippen LogP contribution in [0.4, 0.5) is 5.69 Å². The average molecular weight is 287 g/mol. The topological polar surface area (TPSA) is 92.8 Å². The van der Waals surface area contributed by atoms with Crippen molar-refractivity contribution in [2.75, 3.05) is 0 Å². The first kappa shape index (κ1) is 13.4. The molecule has 6 nitrogen and oxygen atoms in total. The van der Waals surface area contributed by atoms with Crippen LogP contribution in [-0.4, -0.2) is 15.1 Å². The zero-order valence-electron chi connectivity index (χ0n) is 11.0. The van der Waals surface area contributed by atoms with Gasteiger partial charge >= 0.3 is 0 Å². The van der Waals surface area contributed by atoms with Gasteiger partial charge in [0, 0.05) is 24.1 Å². The molecule has 6 heteroatoms. The van der Waals surface area contributed by atoms with Gasteiger partial charge in [0.15, 0.2) is 0 Å². The molecule has 21 heavy (non-hydrogen) atoms. The predicted molar refractivity (Wildman–Crippen MR) is 74.1 cm³/mol. The van der Waals surface area contributed by atoms with Crippen molar-refractivity contribution in [1.29, 1.82) is 0 Å². The fraction of sp³-hybridized carbons (Fsp3) is 0.200. The summed E-state index contributed by atoms with van der Waals surface area (Å²) in [6.45, 7) is 0. The molecule has 1 aliphatic rings. The fourth-order valence-corrected chi connectivity index (χ4v) is 2.48. The van der Waals surface area contributed by atoms with Crippen molar-refractivity contribution in [3.63, 3.8) is 0 Å². The Bertz CT molecular complexity index is 700. The Morgan fingerprint density at radius 2 is 2.05 bits per heavy atom. The van der Waals surface area contributed by atoms with Gasteiger partial charge in [0.1, 0.15) is 17.6 Å². The molecule has 0 spiro atoms. The Labute approximate surface area is 120 Å². The number of fused-ring (bicyclic) bond motifs is 1. The van der Waals surface area contributed by atoms with E-state index in [2.05, 4.69) is 0 Å². The van der Waals surface area contributed by atoms with E-state index < -0.39 is 17.1 Å². The summed E-state index contributed by atoms with van der Waals surface area (Å²) in [6, 6.07) is 10.7. The number of hydrogen-bond donors (Lipinski definition) is 2. The number of benzene rings is 2. The monoisotopic (exact) mass is 287 g/mol. The molecule has 0 amide bonds. The molecule has 2 aromatic rings. The minimum absolute atomic E-state index is 0.0120. The highest BCUT2D eigenvalue weighted by Crippen LogP contribution is 2.42. The summed E-state index contributed by atoms with van der Waals surface area (Å²) < 4.78 is 5.78. The van der Waals surface area contributed by atoms with Gasteiger partial charge in [-0.1, -0.05) is 12.1 Å². The molecule has 2 aromatic carbocycles. The maximum Gasteiger partial charge on any atom is 0.269 e. The van der Waals surface area contributed by atoms with E-state index in [1.807, 2.05) is 0 Å². The van der Waals surface area contributed by atoms with Crippen LogP contribution in [0.25, 0.3) is 0 Å². The van der Waals surface area contributed by atoms with Crippen LogP contribution in [0.2, 0.25) is 0 Å². The Morgan fingerprint density at radius 1 is 1.24 bits per heavy atom. The third-order valence-corrected chi connectivity index (χ3v) is 3.51. The van der Waals surface area contributed by atoms with Crippen molar-refractivity contribution in [1.82, 2.24) is 0 Å². The van der Waals surface area contributed by atoms with Crippen LogP contribution in [0.5, 0.6) is 11.5 Å². The van der Waals surface area contributed by atoms with Gasteiger partial charge in [0.2, 0.25) is 0 Å². The lowest BCUT2D eigenvalue weighted by Crippen LogP contribution is -2.19. The highest BCUT2D eigenvalue weighted by atomic mass is 16.6. The molecule has 108 valence electrons. The summed E-state index contributed by atoms with van der Waals surface area (Å²) in [5.74, 6) is 0.535. The van der Waals surface area contributed by atoms with E-state index in [0.717, 1.165) is 0 Å². The van der Waals surface area contributed by atoms with Gasteiger partial charge in [-0.05, 0) is 23.8 Å². The highest BCUT2D eigenvalue weighted by molar-refractivity contribution is 5.44. The zero-order valence-corrected chi connectivity index (χ0v) is 11.0. The molecule has 1 heterocycles. The number of aromatic hydroxyl groups is 1. The molecule has 0 saturated heterocycles. The van der Waals surface area contributed by atoms with Crippen LogP contribution in [0.15, 0.2) is 42.5 Å². The minimum Gasteiger partial charge on any atom is -0.508 e. The van der Waals surface area contributed by atoms with Gasteiger partial charge in [0.05, 0.1) is 11.0 Å². The van der Waals surface area contributed by atoms with Gasteiger partial charge in [-0.25, -0.2) is 0 Å². The van der Waals surface area contributed by atoms with Crippen molar-refractivity contribution in [2.45, 2.75) is 18.6 Å². The summed E-state index contributed by atoms with van der Waals surface area (Å²) in [6.07, 6.45) is -0.973. The third kappa shape index (κ3) is 2.53. The molecule has 0 saturated carbocycles. The molecule has 0 aromatic heterocycles. The second-order valence-electron chi connectivity index (χ2n) is 4.93. The van der Waals surface area contributed by atoms with Crippen LogP contribution in [0, 0.1) is 10.1 Å². The molecule has 0 fully saturated rings. The van der Waals surface area contributed by atoms with Gasteiger partial charge in [0.25, 0.3) is 5.69 Å². The van der Waals surface area contributed by atoms with E-state index >= 15 is 0 Å². The van der Waals surface area contributed by atoms with Crippen molar-refractivity contribution >= 4 is 5.69 Å². The Kier molecular flexibility index (Phi) is 3.23. The number of ether oxygens (including phenoxy) is 1. The van der Waals surface area contributed by atoms with E-state index in [1.165, 1.54) is 24.3 Å². The maximum atomic E-state index is 10.8. The smallest absolute Gasteiger partial charge is 0.269 e. The highest BCUT2D eigenvalue weighted by Gasteiger charge is 2.29. The van der Waals surface area contributed by atoms with Crippen molar-refractivity contribution in [3.8, 4) is 11.5 Å². The molecule has 0 radical (unpaired) electrons. The van der Waals surface area contributed by atoms with E-state index in [1.54, 1.807) is 18.2 Å². The number of aliphatic hydroxyl groups is 1. The number of non-ortho nitro benzene ring substituents is 1. The summed E-state index contributed by atoms with van der Waals surface area (Å²) in [5, 5.41) is 30.4. The number of phenols is 1. The molecule has 0 bridgehead atoms. The summed E-state index contributed by atoms with van der Waals surface area (Å²) in [5.41, 5.74) is 1.15. The fourth-order valence-electron chi connectivity index (χ4n) is 2.48. The molecular weight excluding hydrogens is 274 g/mol. The second-order valence-corrected chi connectivity index (χ2v) is 4.93. The van der Waals surface area contributed by atoms with Crippen molar-refractivity contribution < 1.29 is 19.9 Å². The van der Waals surface area contributed by atoms with Gasteiger partial charge in [-0.15, -0.1) is 0 Å². The first-order chi connectivity index (χ1) is 10.0. The largest absolute Gasteiger partial charge is 0.508 e. The lowest BCUT2D eigenvalue weighted by atomic mass is 9.94. The van der Waals surface area contributed by atoms with Crippen LogP contribution in [0.1, 0.15) is 29.8 Å². The Morgan fingerprint density at radius 3 is 2.81 bits per heavy atom. The van der Waals surface area contributed by atoms with Crippen LogP contribution in [-0.2, 0) is 0 Å². The minimum atomic E-state index is -0.787. The van der Waals surface area contributed by atoms with Crippen LogP contribution < -0.4 is 4.74 Å². The molecule has 2 atom stereocenters. The number of nitro groups is 1.